The number of halogens is 1. The maximum atomic E-state index is 14.8. The monoisotopic (exact) mass is 589 g/mol. The van der Waals surface area contributed by atoms with Crippen LogP contribution in [0.5, 0.6) is 11.5 Å². The molecule has 214 valence electrons. The van der Waals surface area contributed by atoms with Gasteiger partial charge in [0.25, 0.3) is 0 Å². The minimum Gasteiger partial charge on any atom is -0.493 e. The summed E-state index contributed by atoms with van der Waals surface area (Å²) in [5.41, 5.74) is 2.83. The van der Waals surface area contributed by atoms with Crippen LogP contribution in [0.25, 0.3) is 6.08 Å². The number of carbonyl (C=O) groups is 3. The fraction of sp³-hybridized carbons (Fsp3) is 0.194. The zero-order chi connectivity index (χ0) is 30.0. The van der Waals surface area contributed by atoms with E-state index in [0.29, 0.717) is 38.8 Å². The van der Waals surface area contributed by atoms with Crippen LogP contribution in [0.15, 0.2) is 91.0 Å². The molecule has 1 aliphatic carbocycles. The summed E-state index contributed by atoms with van der Waals surface area (Å²) in [4.78, 5) is 46.4. The molecule has 7 rings (SSSR count). The Bertz CT molecular complexity index is 1830. The molecule has 1 fully saturated rings. The Balaban J connectivity index is 1.55. The molecule has 0 amide bonds. The number of hydrogen-bond acceptors (Lipinski definition) is 6. The van der Waals surface area contributed by atoms with Crippen LogP contribution in [0.3, 0.4) is 0 Å². The summed E-state index contributed by atoms with van der Waals surface area (Å²) in [6.07, 6.45) is 3.79. The van der Waals surface area contributed by atoms with E-state index in [0.717, 1.165) is 16.8 Å². The van der Waals surface area contributed by atoms with E-state index in [1.54, 1.807) is 61.7 Å². The molecular formula is C36H28ClNO5. The van der Waals surface area contributed by atoms with Crippen molar-refractivity contribution in [2.45, 2.75) is 24.9 Å². The molecule has 0 radical (unpaired) electrons. The fourth-order valence-electron chi connectivity index (χ4n) is 7.26. The second-order valence-corrected chi connectivity index (χ2v) is 11.7. The molecule has 2 heterocycles. The highest BCUT2D eigenvalue weighted by Crippen LogP contribution is 2.61. The second kappa shape index (κ2) is 9.96. The first-order valence-corrected chi connectivity index (χ1v) is 14.5. The lowest BCUT2D eigenvalue weighted by Crippen LogP contribution is -2.48. The Morgan fingerprint density at radius 1 is 0.837 bits per heavy atom. The number of hydrogen-bond donors (Lipinski definition) is 0. The molecule has 0 unspecified atom stereocenters. The van der Waals surface area contributed by atoms with Gasteiger partial charge in [-0.3, -0.25) is 14.4 Å². The minimum atomic E-state index is -1.61. The molecule has 0 bridgehead atoms. The van der Waals surface area contributed by atoms with Gasteiger partial charge >= 0.3 is 0 Å². The zero-order valence-corrected chi connectivity index (χ0v) is 24.6. The van der Waals surface area contributed by atoms with Gasteiger partial charge in [0.2, 0.25) is 0 Å². The Hall–Kier alpha value is -4.68. The summed E-state index contributed by atoms with van der Waals surface area (Å²) in [5, 5.41) is 0.550. The third-order valence-corrected chi connectivity index (χ3v) is 9.37. The average molecular weight is 590 g/mol. The highest BCUT2D eigenvalue weighted by Gasteiger charge is 2.71. The van der Waals surface area contributed by atoms with Crippen LogP contribution >= 0.6 is 11.6 Å². The fourth-order valence-corrected chi connectivity index (χ4v) is 7.44. The van der Waals surface area contributed by atoms with E-state index < -0.39 is 23.4 Å². The number of benzene rings is 4. The van der Waals surface area contributed by atoms with E-state index in [1.165, 1.54) is 7.11 Å². The molecular weight excluding hydrogens is 562 g/mol. The number of rotatable bonds is 5. The molecule has 4 aromatic rings. The molecule has 2 aliphatic heterocycles. The predicted octanol–water partition coefficient (Wildman–Crippen LogP) is 6.98. The normalized spacial score (nSPS) is 21.0. The smallest absolute Gasteiger partial charge is 0.185 e. The highest BCUT2D eigenvalue weighted by molar-refractivity contribution is 6.32. The summed E-state index contributed by atoms with van der Waals surface area (Å²) >= 11 is 6.39. The van der Waals surface area contributed by atoms with Crippen LogP contribution < -0.4 is 14.4 Å². The quantitative estimate of drug-likeness (QED) is 0.185. The first-order chi connectivity index (χ1) is 20.8. The van der Waals surface area contributed by atoms with Crippen LogP contribution in [0.4, 0.5) is 5.69 Å². The maximum absolute atomic E-state index is 14.8. The van der Waals surface area contributed by atoms with Gasteiger partial charge < -0.3 is 14.4 Å². The van der Waals surface area contributed by atoms with Crippen molar-refractivity contribution < 1.29 is 23.9 Å². The van der Waals surface area contributed by atoms with Crippen molar-refractivity contribution >= 4 is 40.7 Å². The Labute approximate surface area is 254 Å². The zero-order valence-electron chi connectivity index (χ0n) is 23.8. The van der Waals surface area contributed by atoms with Crippen LogP contribution in [0.1, 0.15) is 53.7 Å². The molecule has 0 aromatic heterocycles. The summed E-state index contributed by atoms with van der Waals surface area (Å²) in [6, 6.07) is 23.6. The number of ketones is 3. The lowest BCUT2D eigenvalue weighted by atomic mass is 9.64. The van der Waals surface area contributed by atoms with E-state index in [9.17, 15) is 14.4 Å². The molecule has 3 aliphatic rings. The Morgan fingerprint density at radius 2 is 1.51 bits per heavy atom. The lowest BCUT2D eigenvalue weighted by molar-refractivity contribution is 0.0665. The standard InChI is InChI=1S/C36H28ClNO5/c1-20-8-10-21(11-9-20)33(39)32-31(23-12-16-28(42-2)29(19-23)43-3)36(34(40)25-6-4-5-7-26(25)35(36)41)30-17-13-22-18-24(37)14-15-27(22)38(30)32/h4-19,30-32H,1-3H3/t30-,31-,32-/m1/s1. The van der Waals surface area contributed by atoms with Gasteiger partial charge in [-0.15, -0.1) is 0 Å². The Kier molecular flexibility index (Phi) is 6.29. The number of aryl methyl sites for hydroxylation is 1. The van der Waals surface area contributed by atoms with E-state index >= 15 is 0 Å². The van der Waals surface area contributed by atoms with Crippen molar-refractivity contribution in [1.82, 2.24) is 0 Å². The van der Waals surface area contributed by atoms with Crippen molar-refractivity contribution in [2.24, 2.45) is 5.41 Å². The molecule has 43 heavy (non-hydrogen) atoms. The summed E-state index contributed by atoms with van der Waals surface area (Å²) in [6.45, 7) is 1.96. The van der Waals surface area contributed by atoms with Gasteiger partial charge in [-0.1, -0.05) is 83.9 Å². The second-order valence-electron chi connectivity index (χ2n) is 11.3. The van der Waals surface area contributed by atoms with Gasteiger partial charge in [0.05, 0.1) is 20.3 Å². The van der Waals surface area contributed by atoms with Crippen molar-refractivity contribution in [2.75, 3.05) is 19.1 Å². The number of ether oxygens (including phenoxy) is 2. The first-order valence-electron chi connectivity index (χ1n) is 14.1. The lowest BCUT2D eigenvalue weighted by Gasteiger charge is -2.37. The van der Waals surface area contributed by atoms with Gasteiger partial charge in [0.15, 0.2) is 28.8 Å². The number of carbonyl (C=O) groups excluding carboxylic acids is 3. The van der Waals surface area contributed by atoms with Crippen LogP contribution in [-0.2, 0) is 0 Å². The molecule has 3 atom stereocenters. The number of Topliss-reactive ketones (excluding diaryl/α,β-unsaturated/α-hetero) is 3. The largest absolute Gasteiger partial charge is 0.493 e. The van der Waals surface area contributed by atoms with Crippen LogP contribution in [0, 0.1) is 12.3 Å². The molecule has 4 aromatic carbocycles. The highest BCUT2D eigenvalue weighted by atomic mass is 35.5. The Morgan fingerprint density at radius 3 is 2.16 bits per heavy atom. The maximum Gasteiger partial charge on any atom is 0.185 e. The van der Waals surface area contributed by atoms with Gasteiger partial charge in [-0.05, 0) is 48.4 Å². The average Bonchev–Trinajstić information content (AvgIpc) is 3.46. The summed E-state index contributed by atoms with van der Waals surface area (Å²) in [7, 11) is 3.08. The predicted molar refractivity (Wildman–Crippen MR) is 166 cm³/mol. The van der Waals surface area contributed by atoms with Crippen molar-refractivity contribution in [1.29, 1.82) is 0 Å². The van der Waals surface area contributed by atoms with Crippen molar-refractivity contribution in [3.63, 3.8) is 0 Å². The van der Waals surface area contributed by atoms with E-state index in [1.807, 2.05) is 54.3 Å². The van der Waals surface area contributed by atoms with Crippen LogP contribution in [0.2, 0.25) is 5.02 Å². The molecule has 0 N–H and O–H groups in total. The SMILES string of the molecule is COc1ccc([C@@H]2[C@H](C(=O)c3ccc(C)cc3)N3c4ccc(Cl)cc4C=C[C@@H]3C23C(=O)c2ccccc2C3=O)cc1OC. The molecule has 1 saturated heterocycles. The summed E-state index contributed by atoms with van der Waals surface area (Å²) < 4.78 is 11.2. The third kappa shape index (κ3) is 3.76. The van der Waals surface area contributed by atoms with Crippen molar-refractivity contribution in [3.8, 4) is 11.5 Å². The third-order valence-electron chi connectivity index (χ3n) is 9.14. The van der Waals surface area contributed by atoms with Gasteiger partial charge in [-0.2, -0.15) is 0 Å². The van der Waals surface area contributed by atoms with E-state index in [4.69, 9.17) is 21.1 Å². The number of methoxy groups -OCH3 is 2. The number of fused-ring (bicyclic) bond motifs is 5. The first kappa shape index (κ1) is 27.2. The minimum absolute atomic E-state index is 0.186. The van der Waals surface area contributed by atoms with E-state index in [2.05, 4.69) is 0 Å². The number of anilines is 1. The number of nitrogens with zero attached hydrogens (tertiary/aromatic N) is 1. The molecule has 0 saturated carbocycles. The molecule has 7 heteroatoms. The topological polar surface area (TPSA) is 72.9 Å². The van der Waals surface area contributed by atoms with Gasteiger partial charge in [0.1, 0.15) is 11.5 Å². The van der Waals surface area contributed by atoms with Crippen molar-refractivity contribution in [3.05, 3.63) is 129 Å². The van der Waals surface area contributed by atoms with Gasteiger partial charge in [0, 0.05) is 33.3 Å². The molecule has 1 spiro atoms. The van der Waals surface area contributed by atoms with E-state index in [-0.39, 0.29) is 17.3 Å². The summed E-state index contributed by atoms with van der Waals surface area (Å²) in [5.74, 6) is -0.670. The van der Waals surface area contributed by atoms with Crippen LogP contribution in [-0.4, -0.2) is 43.7 Å². The molecule has 6 nitrogen and oxygen atoms in total. The van der Waals surface area contributed by atoms with Gasteiger partial charge in [-0.25, -0.2) is 0 Å².